The molecule has 0 saturated heterocycles. The van der Waals surface area contributed by atoms with Gasteiger partial charge in [0, 0.05) is 54.5 Å². The zero-order valence-corrected chi connectivity index (χ0v) is 31.2. The molecule has 0 aliphatic heterocycles. The normalized spacial score (nSPS) is 12.1. The lowest BCUT2D eigenvalue weighted by molar-refractivity contribution is 0.663. The van der Waals surface area contributed by atoms with Crippen molar-refractivity contribution in [2.75, 3.05) is 0 Å². The Morgan fingerprint density at radius 2 is 0.603 bits per heavy atom. The molecule has 0 atom stereocenters. The summed E-state index contributed by atoms with van der Waals surface area (Å²) in [5.74, 6) is 0. The highest BCUT2D eigenvalue weighted by atomic mass is 16.3. The minimum atomic E-state index is 0.847. The average Bonchev–Trinajstić information content (AvgIpc) is 4.03. The number of hydrogen-bond acceptors (Lipinski definition) is 2. The minimum Gasteiger partial charge on any atom is -0.456 e. The Hall–Kier alpha value is -7.82. The van der Waals surface area contributed by atoms with Gasteiger partial charge in [-0.2, -0.15) is 0 Å². The molecular weight excluding hydrogens is 709 g/mol. The van der Waals surface area contributed by atoms with Gasteiger partial charge in [-0.3, -0.25) is 0 Å². The summed E-state index contributed by atoms with van der Waals surface area (Å²) < 4.78 is 17.8. The lowest BCUT2D eigenvalue weighted by Gasteiger charge is -2.10. The first-order valence-electron chi connectivity index (χ1n) is 19.7. The van der Waals surface area contributed by atoms with Crippen LogP contribution in [0.2, 0.25) is 0 Å². The van der Waals surface area contributed by atoms with Gasteiger partial charge in [-0.05, 0) is 107 Å². The molecule has 0 spiro atoms. The smallest absolute Gasteiger partial charge is 0.136 e. The monoisotopic (exact) mass is 740 g/mol. The van der Waals surface area contributed by atoms with Crippen LogP contribution in [-0.4, -0.2) is 9.13 Å². The molecule has 4 nitrogen and oxygen atoms in total. The first kappa shape index (κ1) is 31.4. The van der Waals surface area contributed by atoms with Gasteiger partial charge in [-0.25, -0.2) is 0 Å². The molecule has 0 fully saturated rings. The molecule has 4 heteroatoms. The zero-order valence-electron chi connectivity index (χ0n) is 31.2. The summed E-state index contributed by atoms with van der Waals surface area (Å²) >= 11 is 0. The number of hydrogen-bond donors (Lipinski definition) is 0. The maximum absolute atomic E-state index is 6.54. The number of aromatic nitrogens is 2. The molecule has 13 aromatic rings. The fraction of sp³-hybridized carbons (Fsp3) is 0. The second kappa shape index (κ2) is 11.8. The predicted molar refractivity (Wildman–Crippen MR) is 241 cm³/mol. The maximum Gasteiger partial charge on any atom is 0.136 e. The molecule has 0 bridgehead atoms. The number of nitrogens with zero attached hydrogens (tertiary/aromatic N) is 2. The summed E-state index contributed by atoms with van der Waals surface area (Å²) in [4.78, 5) is 0. The van der Waals surface area contributed by atoms with E-state index in [1.54, 1.807) is 0 Å². The van der Waals surface area contributed by atoms with E-state index >= 15 is 0 Å². The molecule has 0 aliphatic rings. The molecule has 0 saturated carbocycles. The first-order chi connectivity index (χ1) is 28.7. The van der Waals surface area contributed by atoms with Crippen molar-refractivity contribution in [2.24, 2.45) is 0 Å². The minimum absolute atomic E-state index is 0.847. The van der Waals surface area contributed by atoms with Gasteiger partial charge in [-0.15, -0.1) is 0 Å². The summed E-state index contributed by atoms with van der Waals surface area (Å²) in [7, 11) is 0. The average molecular weight is 741 g/mol. The summed E-state index contributed by atoms with van der Waals surface area (Å²) in [5.41, 5.74) is 15.0. The van der Waals surface area contributed by atoms with Crippen molar-refractivity contribution in [3.05, 3.63) is 194 Å². The maximum atomic E-state index is 6.54. The van der Waals surface area contributed by atoms with Crippen LogP contribution in [0.4, 0.5) is 0 Å². The number of para-hydroxylation sites is 4. The number of rotatable bonds is 4. The topological polar surface area (TPSA) is 36.1 Å². The Bertz CT molecular complexity index is 3460. The number of benzene rings is 9. The Morgan fingerprint density at radius 3 is 1.00 bits per heavy atom. The third-order valence-corrected chi connectivity index (χ3v) is 12.1. The second-order valence-electron chi connectivity index (χ2n) is 15.3. The van der Waals surface area contributed by atoms with Crippen molar-refractivity contribution in [1.82, 2.24) is 9.13 Å². The van der Waals surface area contributed by atoms with Crippen LogP contribution in [0.25, 0.3) is 121 Å². The van der Waals surface area contributed by atoms with Crippen LogP contribution in [0.3, 0.4) is 0 Å². The molecule has 9 aromatic carbocycles. The zero-order chi connectivity index (χ0) is 37.9. The van der Waals surface area contributed by atoms with E-state index in [2.05, 4.69) is 191 Å². The van der Waals surface area contributed by atoms with Crippen LogP contribution in [-0.2, 0) is 0 Å². The molecule has 0 unspecified atom stereocenters. The van der Waals surface area contributed by atoms with Gasteiger partial charge in [0.15, 0.2) is 0 Å². The predicted octanol–water partition coefficient (Wildman–Crippen LogP) is 15.0. The summed E-state index contributed by atoms with van der Waals surface area (Å²) in [6.45, 7) is 0. The molecule has 4 heterocycles. The number of furan rings is 2. The Labute approximate surface area is 332 Å². The van der Waals surface area contributed by atoms with E-state index in [1.165, 1.54) is 43.6 Å². The summed E-state index contributed by atoms with van der Waals surface area (Å²) in [5, 5.41) is 9.31. The lowest BCUT2D eigenvalue weighted by Crippen LogP contribution is -1.94. The standard InChI is InChI=1S/C54H32N2O2/c1-5-19-45-39(15-1)40-16-2-6-20-46(40)55(45)37-13-9-11-33(29-37)35-23-25-49-43(31-35)53-51(57-49)27-28-52-54(53)44-32-36(24-26-50(44)58-52)34-12-10-14-38(30-34)56-47-21-7-3-17-41(47)42-18-4-8-22-48(42)56/h1-32H. The van der Waals surface area contributed by atoms with Crippen LogP contribution >= 0.6 is 0 Å². The van der Waals surface area contributed by atoms with Gasteiger partial charge in [0.1, 0.15) is 22.3 Å². The van der Waals surface area contributed by atoms with Crippen LogP contribution in [0, 0.1) is 0 Å². The van der Waals surface area contributed by atoms with Gasteiger partial charge in [-0.1, -0.05) is 109 Å². The van der Waals surface area contributed by atoms with E-state index < -0.39 is 0 Å². The molecule has 58 heavy (non-hydrogen) atoms. The second-order valence-corrected chi connectivity index (χ2v) is 15.3. The molecule has 0 amide bonds. The Balaban J connectivity index is 0.965. The summed E-state index contributed by atoms with van der Waals surface area (Å²) in [6.07, 6.45) is 0. The fourth-order valence-electron chi connectivity index (χ4n) is 9.54. The van der Waals surface area contributed by atoms with Crippen LogP contribution < -0.4 is 0 Å². The largest absolute Gasteiger partial charge is 0.456 e. The highest BCUT2D eigenvalue weighted by Gasteiger charge is 2.19. The van der Waals surface area contributed by atoms with Crippen LogP contribution in [0.1, 0.15) is 0 Å². The molecular formula is C54H32N2O2. The van der Waals surface area contributed by atoms with Crippen molar-refractivity contribution in [2.45, 2.75) is 0 Å². The highest BCUT2D eigenvalue weighted by Crippen LogP contribution is 2.43. The molecule has 270 valence electrons. The van der Waals surface area contributed by atoms with Gasteiger partial charge < -0.3 is 18.0 Å². The van der Waals surface area contributed by atoms with Crippen molar-refractivity contribution >= 4 is 87.5 Å². The van der Waals surface area contributed by atoms with Crippen LogP contribution in [0.5, 0.6) is 0 Å². The van der Waals surface area contributed by atoms with Crippen molar-refractivity contribution in [3.8, 4) is 33.6 Å². The quantitative estimate of drug-likeness (QED) is 0.180. The molecule has 13 rings (SSSR count). The SMILES string of the molecule is c1cc(-c2ccc3oc4ccc5oc6ccc(-c7cccc(-n8c9ccccc9c9ccccc98)c7)cc6c5c4c3c2)cc(-n2c3ccccc3c3ccccc32)c1. The lowest BCUT2D eigenvalue weighted by atomic mass is 9.98. The summed E-state index contributed by atoms with van der Waals surface area (Å²) in [6, 6.07) is 69.5. The third-order valence-electron chi connectivity index (χ3n) is 12.1. The Morgan fingerprint density at radius 1 is 0.259 bits per heavy atom. The number of fused-ring (bicyclic) bond motifs is 13. The van der Waals surface area contributed by atoms with Crippen molar-refractivity contribution < 1.29 is 8.83 Å². The highest BCUT2D eigenvalue weighted by molar-refractivity contribution is 6.26. The van der Waals surface area contributed by atoms with Crippen molar-refractivity contribution in [3.63, 3.8) is 0 Å². The fourth-order valence-corrected chi connectivity index (χ4v) is 9.54. The van der Waals surface area contributed by atoms with Crippen molar-refractivity contribution in [1.29, 1.82) is 0 Å². The third kappa shape index (κ3) is 4.45. The van der Waals surface area contributed by atoms with Gasteiger partial charge in [0.05, 0.1) is 22.1 Å². The molecule has 4 aromatic heterocycles. The molecule has 0 aliphatic carbocycles. The van der Waals surface area contributed by atoms with E-state index in [0.29, 0.717) is 0 Å². The first-order valence-corrected chi connectivity index (χ1v) is 19.7. The molecule has 0 N–H and O–H groups in total. The van der Waals surface area contributed by atoms with E-state index in [0.717, 1.165) is 77.5 Å². The van der Waals surface area contributed by atoms with Gasteiger partial charge >= 0.3 is 0 Å². The van der Waals surface area contributed by atoms with E-state index in [-0.39, 0.29) is 0 Å². The van der Waals surface area contributed by atoms with E-state index in [1.807, 2.05) is 12.1 Å². The van der Waals surface area contributed by atoms with Gasteiger partial charge in [0.2, 0.25) is 0 Å². The van der Waals surface area contributed by atoms with Gasteiger partial charge in [0.25, 0.3) is 0 Å². The van der Waals surface area contributed by atoms with E-state index in [9.17, 15) is 0 Å². The van der Waals surface area contributed by atoms with E-state index in [4.69, 9.17) is 8.83 Å². The Kier molecular flexibility index (Phi) is 6.41. The molecule has 0 radical (unpaired) electrons. The van der Waals surface area contributed by atoms with Crippen LogP contribution in [0.15, 0.2) is 203 Å².